The van der Waals surface area contributed by atoms with Gasteiger partial charge in [-0.05, 0) is 75.5 Å². The predicted molar refractivity (Wildman–Crippen MR) is 94.2 cm³/mol. The second-order valence-corrected chi connectivity index (χ2v) is 7.40. The van der Waals surface area contributed by atoms with Crippen LogP contribution >= 0.6 is 38.5 Å². The molecule has 6 heteroatoms. The molecule has 1 aliphatic rings. The molecule has 1 aromatic carbocycles. The Morgan fingerprint density at radius 3 is 2.67 bits per heavy atom. The van der Waals surface area contributed by atoms with Crippen LogP contribution in [0.5, 0.6) is 0 Å². The lowest BCUT2D eigenvalue weighted by atomic mass is 9.96. The molecule has 0 radical (unpaired) electrons. The van der Waals surface area contributed by atoms with Gasteiger partial charge >= 0.3 is 0 Å². The van der Waals surface area contributed by atoms with Gasteiger partial charge in [0.2, 0.25) is 5.91 Å². The molecule has 1 aliphatic heterocycles. The quantitative estimate of drug-likeness (QED) is 0.699. The number of benzene rings is 1. The van der Waals surface area contributed by atoms with Crippen LogP contribution in [0.3, 0.4) is 0 Å². The van der Waals surface area contributed by atoms with E-state index >= 15 is 0 Å². The molecule has 2 amide bonds. The van der Waals surface area contributed by atoms with Gasteiger partial charge in [-0.25, -0.2) is 0 Å². The van der Waals surface area contributed by atoms with Crippen LogP contribution in [0.25, 0.3) is 0 Å². The summed E-state index contributed by atoms with van der Waals surface area (Å²) in [5, 5.41) is 2.86. The number of nitrogens with one attached hydrogen (secondary N) is 1. The minimum atomic E-state index is 0.0105. The van der Waals surface area contributed by atoms with Gasteiger partial charge in [0.25, 0.3) is 5.91 Å². The molecule has 114 valence electrons. The van der Waals surface area contributed by atoms with Gasteiger partial charge in [-0.1, -0.05) is 0 Å². The molecule has 0 aromatic heterocycles. The van der Waals surface area contributed by atoms with Gasteiger partial charge in [0.1, 0.15) is 0 Å². The molecule has 1 saturated heterocycles. The van der Waals surface area contributed by atoms with Crippen molar-refractivity contribution in [3.63, 3.8) is 0 Å². The summed E-state index contributed by atoms with van der Waals surface area (Å²) in [6.45, 7) is 3.75. The maximum absolute atomic E-state index is 12.6. The van der Waals surface area contributed by atoms with Crippen LogP contribution in [-0.4, -0.2) is 36.3 Å². The highest BCUT2D eigenvalue weighted by molar-refractivity contribution is 14.1. The van der Waals surface area contributed by atoms with E-state index in [-0.39, 0.29) is 11.8 Å². The molecule has 21 heavy (non-hydrogen) atoms. The van der Waals surface area contributed by atoms with Crippen LogP contribution in [0.15, 0.2) is 22.7 Å². The zero-order valence-corrected chi connectivity index (χ0v) is 15.6. The highest BCUT2D eigenvalue weighted by Crippen LogP contribution is 2.24. The minimum Gasteiger partial charge on any atom is -0.356 e. The summed E-state index contributed by atoms with van der Waals surface area (Å²) in [6, 6.07) is 5.80. The van der Waals surface area contributed by atoms with Crippen LogP contribution in [0.1, 0.15) is 30.1 Å². The summed E-state index contributed by atoms with van der Waals surface area (Å²) in [5.41, 5.74) is 0.724. The second kappa shape index (κ2) is 7.58. The van der Waals surface area contributed by atoms with Crippen molar-refractivity contribution in [2.24, 2.45) is 5.92 Å². The zero-order valence-electron chi connectivity index (χ0n) is 11.9. The number of rotatable bonds is 3. The summed E-state index contributed by atoms with van der Waals surface area (Å²) in [4.78, 5) is 25.4. The molecule has 2 rings (SSSR count). The normalized spacial score (nSPS) is 15.9. The first-order valence-electron chi connectivity index (χ1n) is 6.96. The van der Waals surface area contributed by atoms with E-state index in [1.165, 1.54) is 6.92 Å². The van der Waals surface area contributed by atoms with Crippen molar-refractivity contribution in [1.82, 2.24) is 10.2 Å². The molecule has 0 aliphatic carbocycles. The van der Waals surface area contributed by atoms with Gasteiger partial charge in [-0.3, -0.25) is 9.59 Å². The largest absolute Gasteiger partial charge is 0.356 e. The average molecular weight is 465 g/mol. The van der Waals surface area contributed by atoms with Crippen molar-refractivity contribution < 1.29 is 9.59 Å². The lowest BCUT2D eigenvalue weighted by Crippen LogP contribution is -2.41. The lowest BCUT2D eigenvalue weighted by molar-refractivity contribution is -0.119. The first-order chi connectivity index (χ1) is 9.97. The highest BCUT2D eigenvalue weighted by Gasteiger charge is 2.24. The summed E-state index contributed by atoms with van der Waals surface area (Å²) >= 11 is 5.67. The number of hydrogen-bond donors (Lipinski definition) is 1. The van der Waals surface area contributed by atoms with Crippen molar-refractivity contribution in [2.75, 3.05) is 19.6 Å². The molecule has 0 unspecified atom stereocenters. The van der Waals surface area contributed by atoms with E-state index < -0.39 is 0 Å². The molecule has 0 atom stereocenters. The molecule has 1 N–H and O–H groups in total. The molecule has 1 aromatic rings. The average Bonchev–Trinajstić information content (AvgIpc) is 2.47. The van der Waals surface area contributed by atoms with E-state index in [1.54, 1.807) is 0 Å². The lowest BCUT2D eigenvalue weighted by Gasteiger charge is -2.32. The Morgan fingerprint density at radius 2 is 2.05 bits per heavy atom. The Hall–Kier alpha value is -0.630. The zero-order chi connectivity index (χ0) is 15.4. The number of piperidine rings is 1. The summed E-state index contributed by atoms with van der Waals surface area (Å²) in [6.07, 6.45) is 1.88. The van der Waals surface area contributed by atoms with Gasteiger partial charge in [0.05, 0.1) is 5.56 Å². The fraction of sp³-hybridized carbons (Fsp3) is 0.467. The third-order valence-corrected chi connectivity index (χ3v) is 5.06. The van der Waals surface area contributed by atoms with Crippen LogP contribution in [0, 0.1) is 9.49 Å². The van der Waals surface area contributed by atoms with Crippen LogP contribution in [-0.2, 0) is 4.79 Å². The Kier molecular flexibility index (Phi) is 6.04. The smallest absolute Gasteiger partial charge is 0.255 e. The fourth-order valence-corrected chi connectivity index (χ4v) is 3.37. The number of hydrogen-bond acceptors (Lipinski definition) is 2. The van der Waals surface area contributed by atoms with Gasteiger partial charge in [-0.2, -0.15) is 0 Å². The molecule has 0 bridgehead atoms. The SMILES string of the molecule is CC(=O)NCC1CCN(C(=O)c2cc(I)ccc2Br)CC1. The Balaban J connectivity index is 1.94. The maximum atomic E-state index is 12.6. The van der Waals surface area contributed by atoms with Crippen LogP contribution in [0.2, 0.25) is 0 Å². The molecule has 0 saturated carbocycles. The third-order valence-electron chi connectivity index (χ3n) is 3.70. The maximum Gasteiger partial charge on any atom is 0.255 e. The van der Waals surface area contributed by atoms with Gasteiger partial charge in [0.15, 0.2) is 0 Å². The van der Waals surface area contributed by atoms with Gasteiger partial charge < -0.3 is 10.2 Å². The Labute approximate surface area is 146 Å². The predicted octanol–water partition coefficient (Wildman–Crippen LogP) is 3.04. The monoisotopic (exact) mass is 464 g/mol. The van der Waals surface area contributed by atoms with E-state index in [2.05, 4.69) is 43.8 Å². The van der Waals surface area contributed by atoms with Crippen LogP contribution < -0.4 is 5.32 Å². The molecular weight excluding hydrogens is 447 g/mol. The standard InChI is InChI=1S/C15H18BrIN2O2/c1-10(20)18-9-11-4-6-19(7-5-11)15(21)13-8-12(17)2-3-14(13)16/h2-3,8,11H,4-7,9H2,1H3,(H,18,20). The van der Waals surface area contributed by atoms with E-state index in [0.29, 0.717) is 12.5 Å². The first-order valence-corrected chi connectivity index (χ1v) is 8.83. The molecule has 0 spiro atoms. The molecule has 1 heterocycles. The first kappa shape index (κ1) is 16.7. The summed E-state index contributed by atoms with van der Waals surface area (Å²) < 4.78 is 1.90. The van der Waals surface area contributed by atoms with Crippen molar-refractivity contribution in [1.29, 1.82) is 0 Å². The van der Waals surface area contributed by atoms with Gasteiger partial charge in [-0.15, -0.1) is 0 Å². The Morgan fingerprint density at radius 1 is 1.38 bits per heavy atom. The van der Waals surface area contributed by atoms with Crippen molar-refractivity contribution >= 4 is 50.3 Å². The molecule has 4 nitrogen and oxygen atoms in total. The molecular formula is C15H18BrIN2O2. The number of nitrogens with zero attached hydrogens (tertiary/aromatic N) is 1. The fourth-order valence-electron chi connectivity index (χ4n) is 2.46. The van der Waals surface area contributed by atoms with Crippen molar-refractivity contribution in [2.45, 2.75) is 19.8 Å². The summed E-state index contributed by atoms with van der Waals surface area (Å²) in [5.74, 6) is 0.562. The van der Waals surface area contributed by atoms with Gasteiger partial charge in [0, 0.05) is 34.6 Å². The summed E-state index contributed by atoms with van der Waals surface area (Å²) in [7, 11) is 0. The van der Waals surface area contributed by atoms with E-state index in [0.717, 1.165) is 39.5 Å². The number of halogens is 2. The van der Waals surface area contributed by atoms with E-state index in [9.17, 15) is 9.59 Å². The number of carbonyl (C=O) groups is 2. The second-order valence-electron chi connectivity index (χ2n) is 5.30. The van der Waals surface area contributed by atoms with E-state index in [4.69, 9.17) is 0 Å². The van der Waals surface area contributed by atoms with E-state index in [1.807, 2.05) is 23.1 Å². The van der Waals surface area contributed by atoms with Crippen molar-refractivity contribution in [3.05, 3.63) is 31.8 Å². The Bertz CT molecular complexity index is 542. The number of carbonyl (C=O) groups excluding carboxylic acids is 2. The van der Waals surface area contributed by atoms with Crippen LogP contribution in [0.4, 0.5) is 0 Å². The minimum absolute atomic E-state index is 0.0105. The third kappa shape index (κ3) is 4.67. The van der Waals surface area contributed by atoms with Crippen molar-refractivity contribution in [3.8, 4) is 0 Å². The number of amides is 2. The molecule has 1 fully saturated rings. The topological polar surface area (TPSA) is 49.4 Å². The highest BCUT2D eigenvalue weighted by atomic mass is 127. The number of likely N-dealkylation sites (tertiary alicyclic amines) is 1.